The molecule has 1 atom stereocenters. The molecule has 1 N–H and O–H groups in total. The fourth-order valence-corrected chi connectivity index (χ4v) is 6.99. The van der Waals surface area contributed by atoms with E-state index >= 15 is 0 Å². The topological polar surface area (TPSA) is 77.0 Å². The summed E-state index contributed by atoms with van der Waals surface area (Å²) in [6, 6.07) is 10.5. The molecule has 0 radical (unpaired) electrons. The maximum absolute atomic E-state index is 12.7. The molecule has 0 aliphatic carbocycles. The van der Waals surface area contributed by atoms with Gasteiger partial charge in [0.1, 0.15) is 16.2 Å². The summed E-state index contributed by atoms with van der Waals surface area (Å²) in [5.41, 5.74) is 5.61. The zero-order valence-corrected chi connectivity index (χ0v) is 23.8. The maximum Gasteiger partial charge on any atom is 0.230 e. The SMILES string of the molecule is CC(C)c1nc2sc3c(SCC(=O)N[C@H](C)CCc4ccccc4)ncnc3c2c2c1COC(C)(C)C2. The van der Waals surface area contributed by atoms with E-state index in [9.17, 15) is 4.79 Å². The van der Waals surface area contributed by atoms with Crippen LogP contribution in [0.4, 0.5) is 0 Å². The number of fused-ring (bicyclic) bond motifs is 5. The van der Waals surface area contributed by atoms with Crippen LogP contribution in [0.1, 0.15) is 69.3 Å². The number of carbonyl (C=O) groups is 1. The number of benzene rings is 1. The Balaban J connectivity index is 1.36. The number of rotatable bonds is 8. The molecule has 194 valence electrons. The summed E-state index contributed by atoms with van der Waals surface area (Å²) in [6.45, 7) is 11.3. The van der Waals surface area contributed by atoms with Gasteiger partial charge in [-0.05, 0) is 50.7 Å². The molecular formula is C29H34N4O2S2. The summed E-state index contributed by atoms with van der Waals surface area (Å²) < 4.78 is 7.17. The summed E-state index contributed by atoms with van der Waals surface area (Å²) in [4.78, 5) is 28.1. The summed E-state index contributed by atoms with van der Waals surface area (Å²) in [6.07, 6.45) is 4.29. The number of pyridine rings is 1. The second-order valence-electron chi connectivity index (χ2n) is 10.8. The predicted octanol–water partition coefficient (Wildman–Crippen LogP) is 6.44. The van der Waals surface area contributed by atoms with Crippen molar-refractivity contribution in [1.29, 1.82) is 0 Å². The van der Waals surface area contributed by atoms with Gasteiger partial charge < -0.3 is 10.1 Å². The van der Waals surface area contributed by atoms with Gasteiger partial charge in [-0.25, -0.2) is 15.0 Å². The minimum atomic E-state index is -0.232. The average molecular weight is 535 g/mol. The van der Waals surface area contributed by atoms with E-state index in [1.165, 1.54) is 28.5 Å². The Morgan fingerprint density at radius 1 is 1.16 bits per heavy atom. The first-order valence-electron chi connectivity index (χ1n) is 12.9. The van der Waals surface area contributed by atoms with Crippen LogP contribution in [0.3, 0.4) is 0 Å². The standard InChI is InChI=1S/C29H34N4O2S2/c1-17(2)24-21-14-35-29(4,5)13-20(21)23-25-26(37-27(23)33-24)28(31-16-30-25)36-15-22(34)32-18(3)11-12-19-9-7-6-8-10-19/h6-10,16-18H,11-15H2,1-5H3,(H,32,34)/t18-/m1/s1. The van der Waals surface area contributed by atoms with Crippen LogP contribution in [0.25, 0.3) is 20.4 Å². The van der Waals surface area contributed by atoms with Crippen LogP contribution in [-0.4, -0.2) is 38.3 Å². The van der Waals surface area contributed by atoms with Gasteiger partial charge in [0.15, 0.2) is 0 Å². The molecule has 1 aromatic carbocycles. The number of aromatic nitrogens is 3. The summed E-state index contributed by atoms with van der Waals surface area (Å²) in [5, 5.41) is 5.10. The van der Waals surface area contributed by atoms with Gasteiger partial charge in [-0.1, -0.05) is 55.9 Å². The number of thioether (sulfide) groups is 1. The van der Waals surface area contributed by atoms with Crippen LogP contribution < -0.4 is 5.32 Å². The zero-order chi connectivity index (χ0) is 26.2. The third-order valence-corrected chi connectivity index (χ3v) is 9.03. The Morgan fingerprint density at radius 3 is 2.70 bits per heavy atom. The second-order valence-corrected chi connectivity index (χ2v) is 12.7. The highest BCUT2D eigenvalue weighted by Crippen LogP contribution is 2.43. The van der Waals surface area contributed by atoms with E-state index in [1.54, 1.807) is 17.7 Å². The normalized spacial score (nSPS) is 15.7. The molecule has 0 saturated carbocycles. The molecule has 4 heterocycles. The number of ether oxygens (including phenoxy) is 1. The minimum absolute atomic E-state index is 0.0231. The monoisotopic (exact) mass is 534 g/mol. The first kappa shape index (κ1) is 26.1. The van der Waals surface area contributed by atoms with Crippen LogP contribution in [0.15, 0.2) is 41.7 Å². The molecule has 1 aliphatic heterocycles. The number of nitrogens with zero attached hydrogens (tertiary/aromatic N) is 3. The van der Waals surface area contributed by atoms with Gasteiger partial charge in [-0.15, -0.1) is 11.3 Å². The second kappa shape index (κ2) is 10.7. The van der Waals surface area contributed by atoms with Crippen LogP contribution >= 0.6 is 23.1 Å². The first-order valence-corrected chi connectivity index (χ1v) is 14.7. The number of carbonyl (C=O) groups excluding carboxylic acids is 1. The molecule has 6 nitrogen and oxygen atoms in total. The molecule has 0 spiro atoms. The summed E-state index contributed by atoms with van der Waals surface area (Å²) >= 11 is 3.11. The first-order chi connectivity index (χ1) is 17.7. The van der Waals surface area contributed by atoms with Crippen molar-refractivity contribution in [3.05, 3.63) is 59.0 Å². The number of hydrogen-bond acceptors (Lipinski definition) is 7. The van der Waals surface area contributed by atoms with Crippen molar-refractivity contribution in [3.8, 4) is 0 Å². The highest BCUT2D eigenvalue weighted by atomic mass is 32.2. The van der Waals surface area contributed by atoms with Crippen molar-refractivity contribution < 1.29 is 9.53 Å². The molecule has 1 amide bonds. The van der Waals surface area contributed by atoms with Gasteiger partial charge in [-0.3, -0.25) is 4.79 Å². The third kappa shape index (κ3) is 5.66. The Bertz CT molecular complexity index is 1430. The highest BCUT2D eigenvalue weighted by Gasteiger charge is 2.32. The molecule has 8 heteroatoms. The lowest BCUT2D eigenvalue weighted by molar-refractivity contribution is -0.119. The Kier molecular flexibility index (Phi) is 7.52. The van der Waals surface area contributed by atoms with Crippen molar-refractivity contribution in [2.75, 3.05) is 5.75 Å². The molecular weight excluding hydrogens is 500 g/mol. The molecule has 5 rings (SSSR count). The molecule has 37 heavy (non-hydrogen) atoms. The third-order valence-electron chi connectivity index (χ3n) is 6.83. The van der Waals surface area contributed by atoms with Gasteiger partial charge >= 0.3 is 0 Å². The molecule has 1 aliphatic rings. The van der Waals surface area contributed by atoms with E-state index in [-0.39, 0.29) is 17.6 Å². The fourth-order valence-electron chi connectivity index (χ4n) is 4.94. The van der Waals surface area contributed by atoms with Crippen molar-refractivity contribution in [1.82, 2.24) is 20.3 Å². The Hall–Kier alpha value is -2.55. The highest BCUT2D eigenvalue weighted by molar-refractivity contribution is 8.00. The van der Waals surface area contributed by atoms with Crippen molar-refractivity contribution in [3.63, 3.8) is 0 Å². The molecule has 0 saturated heterocycles. The fraction of sp³-hybridized carbons (Fsp3) is 0.448. The maximum atomic E-state index is 12.7. The lowest BCUT2D eigenvalue weighted by atomic mass is 9.87. The van der Waals surface area contributed by atoms with Crippen LogP contribution in [-0.2, 0) is 29.0 Å². The Labute approximate surface area is 226 Å². The van der Waals surface area contributed by atoms with E-state index in [2.05, 4.69) is 69.2 Å². The van der Waals surface area contributed by atoms with Crippen molar-refractivity contribution >= 4 is 49.4 Å². The van der Waals surface area contributed by atoms with Gasteiger partial charge in [0.25, 0.3) is 0 Å². The summed E-state index contributed by atoms with van der Waals surface area (Å²) in [5.74, 6) is 0.648. The van der Waals surface area contributed by atoms with E-state index in [0.717, 1.165) is 50.4 Å². The molecule has 0 fully saturated rings. The number of hydrogen-bond donors (Lipinski definition) is 1. The van der Waals surface area contributed by atoms with E-state index in [1.807, 2.05) is 6.07 Å². The van der Waals surface area contributed by atoms with Gasteiger partial charge in [0.2, 0.25) is 5.91 Å². The van der Waals surface area contributed by atoms with Crippen molar-refractivity contribution in [2.24, 2.45) is 0 Å². The number of amides is 1. The largest absolute Gasteiger partial charge is 0.370 e. The predicted molar refractivity (Wildman–Crippen MR) is 152 cm³/mol. The lowest BCUT2D eigenvalue weighted by Gasteiger charge is -2.33. The van der Waals surface area contributed by atoms with E-state index in [0.29, 0.717) is 18.3 Å². The Morgan fingerprint density at radius 2 is 1.95 bits per heavy atom. The quantitative estimate of drug-likeness (QED) is 0.207. The van der Waals surface area contributed by atoms with Crippen LogP contribution in [0.5, 0.6) is 0 Å². The number of thiophene rings is 1. The molecule has 0 unspecified atom stereocenters. The summed E-state index contributed by atoms with van der Waals surface area (Å²) in [7, 11) is 0. The molecule has 3 aromatic heterocycles. The van der Waals surface area contributed by atoms with E-state index < -0.39 is 0 Å². The van der Waals surface area contributed by atoms with Crippen LogP contribution in [0.2, 0.25) is 0 Å². The number of aryl methyl sites for hydroxylation is 1. The zero-order valence-electron chi connectivity index (χ0n) is 22.1. The van der Waals surface area contributed by atoms with Gasteiger partial charge in [-0.2, -0.15) is 0 Å². The van der Waals surface area contributed by atoms with Crippen molar-refractivity contribution in [2.45, 2.75) is 83.1 Å². The van der Waals surface area contributed by atoms with Crippen LogP contribution in [0, 0.1) is 0 Å². The van der Waals surface area contributed by atoms with Gasteiger partial charge in [0, 0.05) is 23.4 Å². The minimum Gasteiger partial charge on any atom is -0.370 e. The lowest BCUT2D eigenvalue weighted by Crippen LogP contribution is -2.34. The smallest absolute Gasteiger partial charge is 0.230 e. The molecule has 4 aromatic rings. The van der Waals surface area contributed by atoms with Gasteiger partial charge in [0.05, 0.1) is 33.9 Å². The molecule has 0 bridgehead atoms. The van der Waals surface area contributed by atoms with E-state index in [4.69, 9.17) is 14.7 Å². The average Bonchev–Trinajstić information content (AvgIpc) is 3.25. The number of nitrogens with one attached hydrogen (secondary N) is 1.